The summed E-state index contributed by atoms with van der Waals surface area (Å²) in [5.74, 6) is -5.32. The van der Waals surface area contributed by atoms with Gasteiger partial charge in [-0.05, 0) is 18.9 Å². The van der Waals surface area contributed by atoms with Crippen molar-refractivity contribution < 1.29 is 36.2 Å². The van der Waals surface area contributed by atoms with Gasteiger partial charge < -0.3 is 14.7 Å². The molecule has 0 radical (unpaired) electrons. The van der Waals surface area contributed by atoms with Crippen molar-refractivity contribution in [2.24, 2.45) is 5.92 Å². The molecular formula is C24H21F6N3O4. The number of methoxy groups -OCH3 is 1. The van der Waals surface area contributed by atoms with E-state index in [2.05, 4.69) is 0 Å². The first kappa shape index (κ1) is 25.2. The quantitative estimate of drug-likeness (QED) is 0.474. The molecule has 3 aromatic rings. The summed E-state index contributed by atoms with van der Waals surface area (Å²) < 4.78 is 93.1. The number of nitrogens with one attached hydrogen (secondary N) is 1. The first-order chi connectivity index (χ1) is 17.5. The van der Waals surface area contributed by atoms with Gasteiger partial charge in [0.25, 0.3) is 12.0 Å². The topological polar surface area (TPSA) is 87.6 Å². The fourth-order valence-electron chi connectivity index (χ4n) is 5.07. The van der Waals surface area contributed by atoms with Gasteiger partial charge in [-0.1, -0.05) is 6.07 Å². The molecule has 2 N–H and O–H groups in total. The molecule has 2 aliphatic rings. The fraction of sp³-hybridized carbons (Fsp3) is 0.417. The zero-order valence-corrected chi connectivity index (χ0v) is 19.3. The number of aliphatic hydroxyl groups is 1. The van der Waals surface area contributed by atoms with Crippen LogP contribution in [-0.4, -0.2) is 41.0 Å². The van der Waals surface area contributed by atoms with Crippen molar-refractivity contribution in [2.45, 2.75) is 37.6 Å². The Hall–Kier alpha value is -3.48. The Bertz CT molecular complexity index is 1500. The van der Waals surface area contributed by atoms with E-state index in [4.69, 9.17) is 4.74 Å². The van der Waals surface area contributed by atoms with Gasteiger partial charge in [0.15, 0.2) is 11.6 Å². The van der Waals surface area contributed by atoms with Crippen LogP contribution >= 0.6 is 0 Å². The van der Waals surface area contributed by atoms with Gasteiger partial charge in [-0.15, -0.1) is 0 Å². The normalized spacial score (nSPS) is 20.7. The highest BCUT2D eigenvalue weighted by atomic mass is 19.3. The van der Waals surface area contributed by atoms with E-state index in [0.29, 0.717) is 18.9 Å². The molecule has 7 nitrogen and oxygen atoms in total. The number of anilines is 1. The molecule has 2 aromatic carbocycles. The number of halogens is 6. The SMILES string of the molecule is COc1c(N2CC(F)C(C(O)c3ccc(F)cc3F)C2)c(F)c(C(F)F)c2c(=O)[nH]c(=O)n(C3CC3)c12. The van der Waals surface area contributed by atoms with Crippen LogP contribution in [0.1, 0.15) is 42.5 Å². The van der Waals surface area contributed by atoms with Gasteiger partial charge in [0.1, 0.15) is 29.0 Å². The molecule has 1 aromatic heterocycles. The molecule has 3 atom stereocenters. The molecule has 3 unspecified atom stereocenters. The maximum Gasteiger partial charge on any atom is 0.329 e. The maximum absolute atomic E-state index is 15.7. The Morgan fingerprint density at radius 3 is 2.43 bits per heavy atom. The zero-order chi connectivity index (χ0) is 26.8. The van der Waals surface area contributed by atoms with Gasteiger partial charge in [0, 0.05) is 36.7 Å². The lowest BCUT2D eigenvalue weighted by atomic mass is 9.93. The smallest absolute Gasteiger partial charge is 0.329 e. The van der Waals surface area contributed by atoms with Crippen LogP contribution in [0.15, 0.2) is 27.8 Å². The summed E-state index contributed by atoms with van der Waals surface area (Å²) in [4.78, 5) is 28.2. The number of fused-ring (bicyclic) bond motifs is 1. The van der Waals surface area contributed by atoms with E-state index in [1.165, 1.54) is 0 Å². The minimum Gasteiger partial charge on any atom is -0.492 e. The molecular weight excluding hydrogens is 508 g/mol. The lowest BCUT2D eigenvalue weighted by Gasteiger charge is -2.26. The molecule has 1 aliphatic heterocycles. The number of aromatic nitrogens is 2. The van der Waals surface area contributed by atoms with E-state index in [9.17, 15) is 32.3 Å². The minimum atomic E-state index is -3.48. The lowest BCUT2D eigenvalue weighted by molar-refractivity contribution is 0.0768. The third-order valence-electron chi connectivity index (χ3n) is 6.92. The van der Waals surface area contributed by atoms with Crippen molar-refractivity contribution in [1.29, 1.82) is 0 Å². The maximum atomic E-state index is 15.7. The highest BCUT2D eigenvalue weighted by Gasteiger charge is 2.43. The van der Waals surface area contributed by atoms with Crippen LogP contribution in [0.25, 0.3) is 10.9 Å². The highest BCUT2D eigenvalue weighted by molar-refractivity contribution is 5.94. The summed E-state index contributed by atoms with van der Waals surface area (Å²) in [5, 5.41) is 9.92. The Labute approximate surface area is 204 Å². The molecule has 0 spiro atoms. The number of alkyl halides is 3. The summed E-state index contributed by atoms with van der Waals surface area (Å²) in [6, 6.07) is 1.93. The van der Waals surface area contributed by atoms with Gasteiger partial charge in [-0.25, -0.2) is 31.1 Å². The van der Waals surface area contributed by atoms with E-state index in [1.807, 2.05) is 4.98 Å². The van der Waals surface area contributed by atoms with Crippen LogP contribution < -0.4 is 20.9 Å². The molecule has 2 fully saturated rings. The average molecular weight is 529 g/mol. The van der Waals surface area contributed by atoms with Gasteiger partial charge in [-0.3, -0.25) is 14.3 Å². The van der Waals surface area contributed by atoms with Gasteiger partial charge in [0.2, 0.25) is 0 Å². The van der Waals surface area contributed by atoms with E-state index in [-0.39, 0.29) is 11.1 Å². The Morgan fingerprint density at radius 2 is 1.84 bits per heavy atom. The Balaban J connectivity index is 1.69. The Kier molecular flexibility index (Phi) is 6.21. The van der Waals surface area contributed by atoms with Crippen molar-refractivity contribution in [2.75, 3.05) is 25.1 Å². The summed E-state index contributed by atoms with van der Waals surface area (Å²) in [6.07, 6.45) is -6.10. The van der Waals surface area contributed by atoms with Gasteiger partial charge in [0.05, 0.1) is 24.2 Å². The van der Waals surface area contributed by atoms with Crippen LogP contribution in [0.4, 0.5) is 32.0 Å². The molecule has 1 saturated heterocycles. The van der Waals surface area contributed by atoms with Crippen LogP contribution in [-0.2, 0) is 0 Å². The summed E-state index contributed by atoms with van der Waals surface area (Å²) >= 11 is 0. The molecule has 0 amide bonds. The first-order valence-electron chi connectivity index (χ1n) is 11.4. The number of benzene rings is 2. The molecule has 5 rings (SSSR count). The summed E-state index contributed by atoms with van der Waals surface area (Å²) in [7, 11) is 1.09. The molecule has 198 valence electrons. The first-order valence-corrected chi connectivity index (χ1v) is 11.4. The second-order valence-electron chi connectivity index (χ2n) is 9.19. The summed E-state index contributed by atoms with van der Waals surface area (Å²) in [5.41, 5.74) is -4.72. The number of H-pyrrole nitrogens is 1. The molecule has 13 heteroatoms. The molecule has 1 saturated carbocycles. The standard InChI is InChI=1S/C24H21F6N3O4/c1-37-21-18-16(23(35)31-24(36)33(18)10-3-4-10)15(22(29)30)17(28)19(21)32-7-12(14(27)8-32)20(34)11-5-2-9(25)6-13(11)26/h2,5-6,10,12,14,20,22,34H,3-4,7-8H2,1H3,(H,31,35,36). The predicted octanol–water partition coefficient (Wildman–Crippen LogP) is 3.90. The van der Waals surface area contributed by atoms with Crippen LogP contribution in [0.5, 0.6) is 5.75 Å². The number of nitrogens with zero attached hydrogens (tertiary/aromatic N) is 2. The van der Waals surface area contributed by atoms with Crippen molar-refractivity contribution in [3.63, 3.8) is 0 Å². The Morgan fingerprint density at radius 1 is 1.14 bits per heavy atom. The van der Waals surface area contributed by atoms with E-state index < -0.39 is 94.8 Å². The number of aliphatic hydroxyl groups excluding tert-OH is 1. The van der Waals surface area contributed by atoms with Crippen LogP contribution in [0.2, 0.25) is 0 Å². The number of hydrogen-bond donors (Lipinski definition) is 2. The van der Waals surface area contributed by atoms with Gasteiger partial charge in [-0.2, -0.15) is 0 Å². The van der Waals surface area contributed by atoms with Crippen molar-refractivity contribution >= 4 is 16.6 Å². The predicted molar refractivity (Wildman–Crippen MR) is 120 cm³/mol. The molecule has 1 aliphatic carbocycles. The van der Waals surface area contributed by atoms with Crippen LogP contribution in [0.3, 0.4) is 0 Å². The number of ether oxygens (including phenoxy) is 1. The zero-order valence-electron chi connectivity index (χ0n) is 19.3. The van der Waals surface area contributed by atoms with E-state index >= 15 is 8.78 Å². The number of rotatable bonds is 6. The minimum absolute atomic E-state index is 0.338. The monoisotopic (exact) mass is 529 g/mol. The van der Waals surface area contributed by atoms with Crippen molar-refractivity contribution in [1.82, 2.24) is 9.55 Å². The molecule has 37 heavy (non-hydrogen) atoms. The highest BCUT2D eigenvalue weighted by Crippen LogP contribution is 2.48. The van der Waals surface area contributed by atoms with E-state index in [0.717, 1.165) is 28.7 Å². The second-order valence-corrected chi connectivity index (χ2v) is 9.19. The summed E-state index contributed by atoms with van der Waals surface area (Å²) in [6.45, 7) is -1.06. The average Bonchev–Trinajstić information content (AvgIpc) is 3.58. The molecule has 2 heterocycles. The van der Waals surface area contributed by atoms with Crippen LogP contribution in [0, 0.1) is 23.4 Å². The van der Waals surface area contributed by atoms with Crippen molar-refractivity contribution in [3.05, 3.63) is 67.6 Å². The third kappa shape index (κ3) is 4.05. The number of hydrogen-bond acceptors (Lipinski definition) is 5. The third-order valence-corrected chi connectivity index (χ3v) is 6.92. The van der Waals surface area contributed by atoms with Gasteiger partial charge >= 0.3 is 5.69 Å². The fourth-order valence-corrected chi connectivity index (χ4v) is 5.07. The van der Waals surface area contributed by atoms with Crippen molar-refractivity contribution in [3.8, 4) is 5.75 Å². The largest absolute Gasteiger partial charge is 0.492 e. The second kappa shape index (κ2) is 9.12. The van der Waals surface area contributed by atoms with E-state index in [1.54, 1.807) is 0 Å². The lowest BCUT2D eigenvalue weighted by Crippen LogP contribution is -2.32. The molecule has 0 bridgehead atoms. The number of aromatic amines is 1.